The highest BCUT2D eigenvalue weighted by molar-refractivity contribution is 5.72. The first-order chi connectivity index (χ1) is 17.8. The first-order valence-electron chi connectivity index (χ1n) is 14.1. The maximum Gasteiger partial charge on any atom is 0.320 e. The third kappa shape index (κ3) is 11.0. The standard InChI is InChI=1S/C29H49N5O4/c1-28(2,3)23-33-17-15-30-11-13-32(22-27(35)38-29(4,5)6)14-12-31(16-18-33)21-25(20-30)19-24-7-9-26(10-8-24)34(36)37/h7-10,25H,11-23H2,1-6H3. The third-order valence-electron chi connectivity index (χ3n) is 7.10. The van der Waals surface area contributed by atoms with Crippen LogP contribution in [0.4, 0.5) is 5.69 Å². The maximum absolute atomic E-state index is 12.6. The average molecular weight is 532 g/mol. The van der Waals surface area contributed by atoms with Crippen molar-refractivity contribution >= 4 is 11.7 Å². The molecule has 0 saturated carbocycles. The van der Waals surface area contributed by atoms with Crippen molar-refractivity contribution in [3.63, 3.8) is 0 Å². The van der Waals surface area contributed by atoms with Crippen LogP contribution in [0.1, 0.15) is 47.1 Å². The van der Waals surface area contributed by atoms with Crippen LogP contribution in [0.15, 0.2) is 24.3 Å². The Bertz CT molecular complexity index is 887. The van der Waals surface area contributed by atoms with Crippen molar-refractivity contribution in [2.45, 2.75) is 53.6 Å². The third-order valence-corrected chi connectivity index (χ3v) is 7.10. The summed E-state index contributed by atoms with van der Waals surface area (Å²) < 4.78 is 5.62. The summed E-state index contributed by atoms with van der Waals surface area (Å²) in [4.78, 5) is 33.3. The van der Waals surface area contributed by atoms with Gasteiger partial charge >= 0.3 is 5.97 Å². The minimum absolute atomic E-state index is 0.140. The summed E-state index contributed by atoms with van der Waals surface area (Å²) in [5, 5.41) is 11.1. The molecule has 2 aliphatic heterocycles. The summed E-state index contributed by atoms with van der Waals surface area (Å²) in [6.07, 6.45) is 0.901. The lowest BCUT2D eigenvalue weighted by atomic mass is 9.95. The monoisotopic (exact) mass is 531 g/mol. The number of nitro groups is 1. The van der Waals surface area contributed by atoms with Crippen LogP contribution in [0.5, 0.6) is 0 Å². The van der Waals surface area contributed by atoms with Crippen molar-refractivity contribution in [2.24, 2.45) is 11.3 Å². The van der Waals surface area contributed by atoms with Crippen molar-refractivity contribution in [2.75, 3.05) is 78.5 Å². The molecule has 0 amide bonds. The largest absolute Gasteiger partial charge is 0.459 e. The molecule has 38 heavy (non-hydrogen) atoms. The quantitative estimate of drug-likeness (QED) is 0.314. The van der Waals surface area contributed by atoms with E-state index in [0.29, 0.717) is 12.5 Å². The molecule has 1 aromatic carbocycles. The molecule has 0 radical (unpaired) electrons. The number of nitrogens with zero attached hydrogens (tertiary/aromatic N) is 5. The van der Waals surface area contributed by atoms with Crippen LogP contribution in [0.25, 0.3) is 0 Å². The number of esters is 1. The van der Waals surface area contributed by atoms with E-state index >= 15 is 0 Å². The Morgan fingerprint density at radius 1 is 0.868 bits per heavy atom. The van der Waals surface area contributed by atoms with Crippen LogP contribution in [-0.2, 0) is 16.0 Å². The Morgan fingerprint density at radius 2 is 1.37 bits per heavy atom. The number of rotatable bonds is 6. The van der Waals surface area contributed by atoms with Gasteiger partial charge in [0, 0.05) is 84.1 Å². The number of carbonyl (C=O) groups excluding carboxylic acids is 1. The normalized spacial score (nSPS) is 24.7. The van der Waals surface area contributed by atoms with Gasteiger partial charge in [-0.05, 0) is 44.1 Å². The number of hydrogen-bond donors (Lipinski definition) is 0. The summed E-state index contributed by atoms with van der Waals surface area (Å²) in [6.45, 7) is 23.5. The second-order valence-electron chi connectivity index (χ2n) is 13.3. The van der Waals surface area contributed by atoms with Crippen LogP contribution in [-0.4, -0.2) is 115 Å². The van der Waals surface area contributed by atoms with Crippen molar-refractivity contribution in [3.8, 4) is 0 Å². The molecule has 3 rings (SSSR count). The number of fused-ring (bicyclic) bond motifs is 4. The molecule has 1 aromatic rings. The van der Waals surface area contributed by atoms with Gasteiger partial charge in [0.1, 0.15) is 5.60 Å². The number of benzene rings is 1. The van der Waals surface area contributed by atoms with Gasteiger partial charge in [-0.25, -0.2) is 0 Å². The molecule has 9 nitrogen and oxygen atoms in total. The topological polar surface area (TPSA) is 82.4 Å². The predicted octanol–water partition coefficient (Wildman–Crippen LogP) is 3.38. The summed E-state index contributed by atoms with van der Waals surface area (Å²) in [7, 11) is 0. The summed E-state index contributed by atoms with van der Waals surface area (Å²) >= 11 is 0. The highest BCUT2D eigenvalue weighted by atomic mass is 16.6. The van der Waals surface area contributed by atoms with Crippen molar-refractivity contribution in [3.05, 3.63) is 39.9 Å². The molecule has 9 heteroatoms. The zero-order valence-electron chi connectivity index (χ0n) is 24.4. The van der Waals surface area contributed by atoms with Gasteiger partial charge in [-0.1, -0.05) is 32.9 Å². The van der Waals surface area contributed by atoms with Crippen LogP contribution >= 0.6 is 0 Å². The van der Waals surface area contributed by atoms with E-state index in [9.17, 15) is 14.9 Å². The van der Waals surface area contributed by atoms with Gasteiger partial charge in [0.05, 0.1) is 11.5 Å². The Kier molecular flexibility index (Phi) is 10.7. The van der Waals surface area contributed by atoms with Crippen molar-refractivity contribution in [1.82, 2.24) is 19.6 Å². The number of carbonyl (C=O) groups is 1. The molecule has 2 atom stereocenters. The van der Waals surface area contributed by atoms with Crippen LogP contribution < -0.4 is 0 Å². The smallest absolute Gasteiger partial charge is 0.320 e. The Hall–Kier alpha value is -2.07. The fraction of sp³-hybridized carbons (Fsp3) is 0.759. The van der Waals surface area contributed by atoms with Crippen molar-refractivity contribution < 1.29 is 14.5 Å². The molecule has 0 N–H and O–H groups in total. The van der Waals surface area contributed by atoms with E-state index in [0.717, 1.165) is 84.0 Å². The van der Waals surface area contributed by atoms with Gasteiger partial charge < -0.3 is 19.4 Å². The molecule has 0 aromatic heterocycles. The minimum Gasteiger partial charge on any atom is -0.459 e. The Balaban J connectivity index is 1.75. The van der Waals surface area contributed by atoms with Crippen LogP contribution in [0.2, 0.25) is 0 Å². The molecular weight excluding hydrogens is 482 g/mol. The van der Waals surface area contributed by atoms with Crippen LogP contribution in [0, 0.1) is 21.4 Å². The number of ether oxygens (including phenoxy) is 1. The molecule has 0 aliphatic carbocycles. The average Bonchev–Trinajstić information content (AvgIpc) is 2.79. The predicted molar refractivity (Wildman–Crippen MR) is 151 cm³/mol. The van der Waals surface area contributed by atoms with Crippen LogP contribution in [0.3, 0.4) is 0 Å². The van der Waals surface area contributed by atoms with E-state index < -0.39 is 5.60 Å². The molecule has 2 aliphatic rings. The van der Waals surface area contributed by atoms with Gasteiger partial charge in [-0.3, -0.25) is 19.8 Å². The molecule has 2 bridgehead atoms. The van der Waals surface area contributed by atoms with Gasteiger partial charge in [-0.15, -0.1) is 0 Å². The first kappa shape index (κ1) is 30.5. The lowest BCUT2D eigenvalue weighted by Gasteiger charge is -2.40. The molecule has 2 heterocycles. The zero-order chi connectivity index (χ0) is 27.9. The Morgan fingerprint density at radius 3 is 1.82 bits per heavy atom. The highest BCUT2D eigenvalue weighted by Crippen LogP contribution is 2.20. The molecular formula is C29H49N5O4. The van der Waals surface area contributed by atoms with Gasteiger partial charge in [0.15, 0.2) is 0 Å². The fourth-order valence-corrected chi connectivity index (χ4v) is 5.49. The maximum atomic E-state index is 12.6. The van der Waals surface area contributed by atoms with Gasteiger partial charge in [0.2, 0.25) is 0 Å². The lowest BCUT2D eigenvalue weighted by molar-refractivity contribution is -0.384. The molecule has 2 saturated heterocycles. The van der Waals surface area contributed by atoms with Gasteiger partial charge in [-0.2, -0.15) is 0 Å². The number of nitro benzene ring substituents is 1. The highest BCUT2D eigenvalue weighted by Gasteiger charge is 2.27. The second-order valence-corrected chi connectivity index (χ2v) is 13.3. The van der Waals surface area contributed by atoms with Gasteiger partial charge in [0.25, 0.3) is 5.69 Å². The summed E-state index contributed by atoms with van der Waals surface area (Å²) in [5.74, 6) is 0.273. The van der Waals surface area contributed by atoms with E-state index in [-0.39, 0.29) is 22.0 Å². The number of non-ortho nitro benzene ring substituents is 1. The molecule has 2 unspecified atom stereocenters. The zero-order valence-corrected chi connectivity index (χ0v) is 24.4. The molecule has 0 spiro atoms. The molecule has 214 valence electrons. The van der Waals surface area contributed by atoms with Crippen molar-refractivity contribution in [1.29, 1.82) is 0 Å². The van der Waals surface area contributed by atoms with E-state index in [1.807, 2.05) is 32.9 Å². The lowest BCUT2D eigenvalue weighted by Crippen LogP contribution is -2.52. The molecule has 2 fully saturated rings. The van der Waals surface area contributed by atoms with E-state index in [1.165, 1.54) is 0 Å². The fourth-order valence-electron chi connectivity index (χ4n) is 5.49. The van der Waals surface area contributed by atoms with E-state index in [1.54, 1.807) is 12.1 Å². The first-order valence-corrected chi connectivity index (χ1v) is 14.1. The summed E-state index contributed by atoms with van der Waals surface area (Å²) in [5.41, 5.74) is 1.06. The minimum atomic E-state index is -0.477. The van der Waals surface area contributed by atoms with E-state index in [4.69, 9.17) is 4.74 Å². The second kappa shape index (κ2) is 13.3. The number of hydrogen-bond acceptors (Lipinski definition) is 8. The summed E-state index contributed by atoms with van der Waals surface area (Å²) in [6, 6.07) is 7.05. The SMILES string of the molecule is CC(C)(C)CN1CCN2CCN(CC(=O)OC(C)(C)C)CCN(CC1)CC(Cc1ccc([N+](=O)[O-])cc1)C2. The van der Waals surface area contributed by atoms with E-state index in [2.05, 4.69) is 40.4 Å². The Labute approximate surface area is 229 Å².